The highest BCUT2D eigenvalue weighted by atomic mass is 32.1. The van der Waals surface area contributed by atoms with E-state index in [-0.39, 0.29) is 23.2 Å². The van der Waals surface area contributed by atoms with Crippen LogP contribution in [-0.4, -0.2) is 22.7 Å². The van der Waals surface area contributed by atoms with Crippen molar-refractivity contribution >= 4 is 28.2 Å². The van der Waals surface area contributed by atoms with Crippen LogP contribution in [-0.2, 0) is 6.42 Å². The zero-order chi connectivity index (χ0) is 21.2. The van der Waals surface area contributed by atoms with Gasteiger partial charge in [-0.25, -0.2) is 13.6 Å². The number of halogens is 2. The minimum atomic E-state index is -1.44. The van der Waals surface area contributed by atoms with E-state index < -0.39 is 34.0 Å². The van der Waals surface area contributed by atoms with Crippen LogP contribution in [0.15, 0.2) is 23.1 Å². The first-order chi connectivity index (χ1) is 14.4. The molecule has 5 rings (SSSR count). The summed E-state index contributed by atoms with van der Waals surface area (Å²) in [5.74, 6) is -3.00. The lowest BCUT2D eigenvalue weighted by atomic mass is 9.93. The molecule has 2 N–H and O–H groups in total. The first kappa shape index (κ1) is 19.4. The van der Waals surface area contributed by atoms with Crippen molar-refractivity contribution in [3.8, 4) is 10.4 Å². The van der Waals surface area contributed by atoms with E-state index in [9.17, 15) is 14.7 Å². The summed E-state index contributed by atoms with van der Waals surface area (Å²) in [4.78, 5) is 25.9. The molecule has 1 atom stereocenters. The topological polar surface area (TPSA) is 71.3 Å². The molecule has 0 radical (unpaired) electrons. The van der Waals surface area contributed by atoms with E-state index >= 15 is 8.78 Å². The lowest BCUT2D eigenvalue weighted by Crippen LogP contribution is -2.20. The fraction of sp³-hybridized carbons (Fsp3) is 0.364. The lowest BCUT2D eigenvalue weighted by Gasteiger charge is -2.21. The van der Waals surface area contributed by atoms with Crippen LogP contribution in [0, 0.1) is 11.6 Å². The van der Waals surface area contributed by atoms with Gasteiger partial charge >= 0.3 is 5.97 Å². The van der Waals surface area contributed by atoms with Gasteiger partial charge < -0.3 is 15.0 Å². The van der Waals surface area contributed by atoms with E-state index in [2.05, 4.69) is 5.32 Å². The highest BCUT2D eigenvalue weighted by Crippen LogP contribution is 2.43. The van der Waals surface area contributed by atoms with Crippen LogP contribution in [0.2, 0.25) is 0 Å². The number of hydrogen-bond acceptors (Lipinski definition) is 4. The molecule has 1 aromatic carbocycles. The number of aromatic carboxylic acids is 1. The minimum Gasteiger partial charge on any atom is -0.477 e. The molecule has 2 aliphatic rings. The molecule has 2 aliphatic carbocycles. The summed E-state index contributed by atoms with van der Waals surface area (Å²) in [6.07, 6.45) is 5.57. The normalized spacial score (nSPS) is 18.6. The minimum absolute atomic E-state index is 0.117. The molecule has 0 saturated heterocycles. The summed E-state index contributed by atoms with van der Waals surface area (Å²) in [6.45, 7) is 0. The highest BCUT2D eigenvalue weighted by Gasteiger charge is 2.31. The Morgan fingerprint density at radius 2 is 2.03 bits per heavy atom. The number of benzene rings is 1. The standard InChI is InChI=1S/C22H20F2N2O3S/c1-25-15-3-2-4-16-11(15)8-17(30-16)12-7-14(23)18-20(19(12)24)26(10-5-6-10)9-13(21(18)27)22(28)29/h7-10,15,25H,2-6H2,1H3,(H,28,29). The van der Waals surface area contributed by atoms with Gasteiger partial charge in [0.05, 0.1) is 10.9 Å². The van der Waals surface area contributed by atoms with E-state index in [1.165, 1.54) is 15.9 Å². The summed E-state index contributed by atoms with van der Waals surface area (Å²) in [5.41, 5.74) is -0.434. The Morgan fingerprint density at radius 1 is 1.27 bits per heavy atom. The van der Waals surface area contributed by atoms with Crippen LogP contribution >= 0.6 is 11.3 Å². The van der Waals surface area contributed by atoms with Crippen molar-refractivity contribution < 1.29 is 18.7 Å². The van der Waals surface area contributed by atoms with Gasteiger partial charge in [-0.05, 0) is 56.8 Å². The Balaban J connectivity index is 1.78. The Kier molecular flexibility index (Phi) is 4.52. The molecular weight excluding hydrogens is 410 g/mol. The number of aryl methyl sites for hydroxylation is 1. The number of carboxylic acid groups (broad SMARTS) is 1. The molecular formula is C22H20F2N2O3S. The smallest absolute Gasteiger partial charge is 0.341 e. The van der Waals surface area contributed by atoms with Crippen LogP contribution < -0.4 is 10.7 Å². The van der Waals surface area contributed by atoms with Crippen molar-refractivity contribution in [2.75, 3.05) is 7.05 Å². The van der Waals surface area contributed by atoms with Crippen molar-refractivity contribution in [2.45, 2.75) is 44.2 Å². The van der Waals surface area contributed by atoms with E-state index in [1.54, 1.807) is 0 Å². The zero-order valence-electron chi connectivity index (χ0n) is 16.3. The number of nitrogens with zero attached hydrogens (tertiary/aromatic N) is 1. The third-order valence-corrected chi connectivity index (χ3v) is 7.33. The molecule has 2 heterocycles. The lowest BCUT2D eigenvalue weighted by molar-refractivity contribution is 0.0695. The number of fused-ring (bicyclic) bond motifs is 2. The highest BCUT2D eigenvalue weighted by molar-refractivity contribution is 7.15. The number of thiophene rings is 1. The molecule has 3 aromatic rings. The van der Waals surface area contributed by atoms with Crippen LogP contribution in [0.3, 0.4) is 0 Å². The zero-order valence-corrected chi connectivity index (χ0v) is 17.1. The van der Waals surface area contributed by atoms with Crippen molar-refractivity contribution in [3.63, 3.8) is 0 Å². The molecule has 156 valence electrons. The van der Waals surface area contributed by atoms with E-state index in [0.717, 1.165) is 54.8 Å². The van der Waals surface area contributed by atoms with E-state index in [4.69, 9.17) is 0 Å². The molecule has 0 bridgehead atoms. The summed E-state index contributed by atoms with van der Waals surface area (Å²) in [5, 5.41) is 12.1. The van der Waals surface area contributed by atoms with Gasteiger partial charge in [-0.15, -0.1) is 11.3 Å². The maximum Gasteiger partial charge on any atom is 0.341 e. The molecule has 0 spiro atoms. The quantitative estimate of drug-likeness (QED) is 0.633. The summed E-state index contributed by atoms with van der Waals surface area (Å²) in [6, 6.07) is 3.01. The van der Waals surface area contributed by atoms with Crippen LogP contribution in [0.1, 0.15) is 58.6 Å². The average Bonchev–Trinajstić information content (AvgIpc) is 3.47. The number of pyridine rings is 1. The molecule has 1 fully saturated rings. The van der Waals surface area contributed by atoms with Gasteiger partial charge in [-0.1, -0.05) is 0 Å². The Hall–Kier alpha value is -2.58. The molecule has 1 saturated carbocycles. The van der Waals surface area contributed by atoms with Gasteiger partial charge in [-0.2, -0.15) is 0 Å². The first-order valence-electron chi connectivity index (χ1n) is 10.0. The Morgan fingerprint density at radius 3 is 2.70 bits per heavy atom. The number of carboxylic acids is 1. The third-order valence-electron chi connectivity index (χ3n) is 6.09. The van der Waals surface area contributed by atoms with Gasteiger partial charge in [0.25, 0.3) is 0 Å². The molecule has 2 aromatic heterocycles. The number of hydrogen-bond donors (Lipinski definition) is 2. The SMILES string of the molecule is CNC1CCCc2sc(-c3cc(F)c4c(=O)c(C(=O)O)cn(C5CC5)c4c3F)cc21. The number of aromatic nitrogens is 1. The van der Waals surface area contributed by atoms with Crippen molar-refractivity contribution in [1.82, 2.24) is 9.88 Å². The Labute approximate surface area is 175 Å². The van der Waals surface area contributed by atoms with Gasteiger partial charge in [0.2, 0.25) is 5.43 Å². The third kappa shape index (κ3) is 2.89. The summed E-state index contributed by atoms with van der Waals surface area (Å²) < 4.78 is 32.3. The van der Waals surface area contributed by atoms with Crippen LogP contribution in [0.25, 0.3) is 21.3 Å². The molecule has 0 amide bonds. The predicted octanol–water partition coefficient (Wildman–Crippen LogP) is 4.64. The number of nitrogens with one attached hydrogen (secondary N) is 1. The molecule has 5 nitrogen and oxygen atoms in total. The van der Waals surface area contributed by atoms with Crippen molar-refractivity contribution in [2.24, 2.45) is 0 Å². The van der Waals surface area contributed by atoms with Crippen LogP contribution in [0.5, 0.6) is 0 Å². The second kappa shape index (κ2) is 6.99. The number of carbonyl (C=O) groups is 1. The largest absolute Gasteiger partial charge is 0.477 e. The summed E-state index contributed by atoms with van der Waals surface area (Å²) in [7, 11) is 1.89. The van der Waals surface area contributed by atoms with Gasteiger partial charge in [0, 0.05) is 33.6 Å². The Bertz CT molecular complexity index is 1260. The second-order valence-corrected chi connectivity index (χ2v) is 9.12. The van der Waals surface area contributed by atoms with Gasteiger partial charge in [0.15, 0.2) is 5.82 Å². The number of rotatable bonds is 4. The maximum atomic E-state index is 15.8. The second-order valence-electron chi connectivity index (χ2n) is 7.98. The summed E-state index contributed by atoms with van der Waals surface area (Å²) >= 11 is 1.45. The van der Waals surface area contributed by atoms with Gasteiger partial charge in [-0.3, -0.25) is 4.79 Å². The van der Waals surface area contributed by atoms with E-state index in [0.29, 0.717) is 4.88 Å². The molecule has 30 heavy (non-hydrogen) atoms. The van der Waals surface area contributed by atoms with Gasteiger partial charge in [0.1, 0.15) is 11.4 Å². The fourth-order valence-electron chi connectivity index (χ4n) is 4.43. The maximum absolute atomic E-state index is 15.8. The van der Waals surface area contributed by atoms with E-state index in [1.807, 2.05) is 13.1 Å². The van der Waals surface area contributed by atoms with Crippen LogP contribution in [0.4, 0.5) is 8.78 Å². The molecule has 1 unspecified atom stereocenters. The van der Waals surface area contributed by atoms with Crippen molar-refractivity contribution in [1.29, 1.82) is 0 Å². The average molecular weight is 430 g/mol. The molecule has 8 heteroatoms. The fourth-order valence-corrected chi connectivity index (χ4v) is 5.70. The first-order valence-corrected chi connectivity index (χ1v) is 10.8. The van der Waals surface area contributed by atoms with Crippen molar-refractivity contribution in [3.05, 3.63) is 56.2 Å². The monoisotopic (exact) mass is 430 g/mol. The predicted molar refractivity (Wildman–Crippen MR) is 111 cm³/mol. The molecule has 0 aliphatic heterocycles.